The summed E-state index contributed by atoms with van der Waals surface area (Å²) in [5.41, 5.74) is 1.80. The molecule has 5 nitrogen and oxygen atoms in total. The highest BCUT2D eigenvalue weighted by molar-refractivity contribution is 5.83. The minimum atomic E-state index is -1.32. The summed E-state index contributed by atoms with van der Waals surface area (Å²) in [6.07, 6.45) is 0.582. The molecule has 2 rings (SSSR count). The molecule has 0 aliphatic rings. The van der Waals surface area contributed by atoms with Crippen LogP contribution in [-0.4, -0.2) is 32.0 Å². The number of aliphatic hydroxyl groups is 1. The quantitative estimate of drug-likeness (QED) is 0.450. The number of benzene rings is 1. The van der Waals surface area contributed by atoms with Gasteiger partial charge in [0, 0.05) is 23.5 Å². The summed E-state index contributed by atoms with van der Waals surface area (Å²) in [5, 5.41) is 27.3. The summed E-state index contributed by atoms with van der Waals surface area (Å²) in [4.78, 5) is 3.04. The lowest BCUT2D eigenvalue weighted by Crippen LogP contribution is -2.30. The van der Waals surface area contributed by atoms with Crippen LogP contribution in [-0.2, 0) is 6.42 Å². The van der Waals surface area contributed by atoms with Crippen LogP contribution in [0.3, 0.4) is 0 Å². The molecule has 0 fully saturated rings. The SMILES string of the molecule is OC(Cc1c[nH]c2ccccc12)N(O)O. The van der Waals surface area contributed by atoms with Gasteiger partial charge in [-0.25, -0.2) is 0 Å². The normalized spacial score (nSPS) is 13.6. The van der Waals surface area contributed by atoms with Crippen LogP contribution in [0, 0.1) is 0 Å². The van der Waals surface area contributed by atoms with Gasteiger partial charge >= 0.3 is 0 Å². The number of hydrogen-bond donors (Lipinski definition) is 4. The lowest BCUT2D eigenvalue weighted by Gasteiger charge is -2.13. The molecule has 1 unspecified atom stereocenters. The number of para-hydroxylation sites is 1. The highest BCUT2D eigenvalue weighted by Gasteiger charge is 2.13. The van der Waals surface area contributed by atoms with Crippen molar-refractivity contribution in [2.45, 2.75) is 12.6 Å². The fourth-order valence-corrected chi connectivity index (χ4v) is 1.58. The molecule has 4 N–H and O–H groups in total. The molecule has 0 saturated carbocycles. The first-order chi connectivity index (χ1) is 7.18. The van der Waals surface area contributed by atoms with E-state index in [2.05, 4.69) is 4.98 Å². The lowest BCUT2D eigenvalue weighted by atomic mass is 10.1. The van der Waals surface area contributed by atoms with E-state index in [0.717, 1.165) is 16.5 Å². The van der Waals surface area contributed by atoms with Crippen LogP contribution in [0.1, 0.15) is 5.56 Å². The zero-order chi connectivity index (χ0) is 10.8. The number of nitrogens with zero attached hydrogens (tertiary/aromatic N) is 1. The largest absolute Gasteiger partial charge is 0.373 e. The topological polar surface area (TPSA) is 79.7 Å². The minimum absolute atomic E-state index is 0.150. The molecular formula is C10H12N2O3. The molecular weight excluding hydrogens is 196 g/mol. The van der Waals surface area contributed by atoms with Gasteiger partial charge in [0.1, 0.15) is 0 Å². The molecule has 1 aromatic carbocycles. The molecule has 0 saturated heterocycles. The lowest BCUT2D eigenvalue weighted by molar-refractivity contribution is -0.369. The summed E-state index contributed by atoms with van der Waals surface area (Å²) in [5.74, 6) is 0. The fourth-order valence-electron chi connectivity index (χ4n) is 1.58. The summed E-state index contributed by atoms with van der Waals surface area (Å²) in [6, 6.07) is 7.62. The molecule has 0 aliphatic heterocycles. The standard InChI is InChI=1S/C10H12N2O3/c13-10(12(14)15)5-7-6-11-9-4-2-1-3-8(7)9/h1-4,6,10-11,13-15H,5H2. The molecule has 1 heterocycles. The number of nitrogens with one attached hydrogen (secondary N) is 1. The Morgan fingerprint density at radius 2 is 2.00 bits per heavy atom. The molecule has 0 radical (unpaired) electrons. The second kappa shape index (κ2) is 4.00. The number of hydroxylamine groups is 2. The molecule has 0 spiro atoms. The Morgan fingerprint density at radius 3 is 2.73 bits per heavy atom. The number of fused-ring (bicyclic) bond motifs is 1. The van der Waals surface area contributed by atoms with Crippen molar-refractivity contribution in [3.05, 3.63) is 36.0 Å². The first-order valence-electron chi connectivity index (χ1n) is 4.58. The van der Waals surface area contributed by atoms with Crippen molar-refractivity contribution in [1.29, 1.82) is 0 Å². The average molecular weight is 208 g/mol. The zero-order valence-electron chi connectivity index (χ0n) is 7.96. The van der Waals surface area contributed by atoms with Gasteiger partial charge in [0.05, 0.1) is 0 Å². The number of aromatic nitrogens is 1. The van der Waals surface area contributed by atoms with E-state index in [-0.39, 0.29) is 11.6 Å². The van der Waals surface area contributed by atoms with Crippen molar-refractivity contribution < 1.29 is 15.5 Å². The molecule has 0 aliphatic carbocycles. The van der Waals surface area contributed by atoms with E-state index >= 15 is 0 Å². The van der Waals surface area contributed by atoms with Crippen LogP contribution in [0.2, 0.25) is 0 Å². The maximum Gasteiger partial charge on any atom is 0.160 e. The van der Waals surface area contributed by atoms with E-state index < -0.39 is 6.23 Å². The number of hydrogen-bond acceptors (Lipinski definition) is 4. The van der Waals surface area contributed by atoms with E-state index in [1.807, 2.05) is 24.3 Å². The molecule has 0 bridgehead atoms. The number of aliphatic hydroxyl groups excluding tert-OH is 1. The number of H-pyrrole nitrogens is 1. The Hall–Kier alpha value is -1.40. The molecule has 2 aromatic rings. The maximum atomic E-state index is 9.27. The van der Waals surface area contributed by atoms with Crippen LogP contribution < -0.4 is 0 Å². The van der Waals surface area contributed by atoms with Gasteiger partial charge in [0.25, 0.3) is 0 Å². The van der Waals surface area contributed by atoms with E-state index in [1.54, 1.807) is 6.20 Å². The van der Waals surface area contributed by atoms with E-state index in [1.165, 1.54) is 0 Å². The number of rotatable bonds is 3. The van der Waals surface area contributed by atoms with Gasteiger partial charge in [-0.1, -0.05) is 18.2 Å². The molecule has 0 amide bonds. The Labute approximate surface area is 86.1 Å². The molecule has 1 aromatic heterocycles. The summed E-state index contributed by atoms with van der Waals surface area (Å²) in [7, 11) is 0. The van der Waals surface area contributed by atoms with Crippen LogP contribution in [0.15, 0.2) is 30.5 Å². The predicted molar refractivity (Wildman–Crippen MR) is 53.4 cm³/mol. The predicted octanol–water partition coefficient (Wildman–Crippen LogP) is 1.11. The van der Waals surface area contributed by atoms with Gasteiger partial charge < -0.3 is 10.1 Å². The van der Waals surface area contributed by atoms with Gasteiger partial charge in [-0.2, -0.15) is 0 Å². The van der Waals surface area contributed by atoms with Gasteiger partial charge in [-0.3, -0.25) is 10.4 Å². The smallest absolute Gasteiger partial charge is 0.160 e. The Bertz CT molecular complexity index is 453. The van der Waals surface area contributed by atoms with Crippen LogP contribution in [0.5, 0.6) is 0 Å². The second-order valence-electron chi connectivity index (χ2n) is 3.36. The van der Waals surface area contributed by atoms with Gasteiger partial charge in [0.15, 0.2) is 6.23 Å². The highest BCUT2D eigenvalue weighted by Crippen LogP contribution is 2.19. The van der Waals surface area contributed by atoms with E-state index in [9.17, 15) is 5.11 Å². The monoisotopic (exact) mass is 208 g/mol. The van der Waals surface area contributed by atoms with Crippen LogP contribution in [0.4, 0.5) is 0 Å². The maximum absolute atomic E-state index is 9.27. The summed E-state index contributed by atoms with van der Waals surface area (Å²) in [6.45, 7) is 0. The average Bonchev–Trinajstić information content (AvgIpc) is 2.62. The van der Waals surface area contributed by atoms with Gasteiger partial charge in [-0.15, -0.1) is 0 Å². The van der Waals surface area contributed by atoms with Crippen molar-refractivity contribution in [2.24, 2.45) is 0 Å². The third-order valence-corrected chi connectivity index (χ3v) is 2.34. The van der Waals surface area contributed by atoms with E-state index in [0.29, 0.717) is 0 Å². The van der Waals surface area contributed by atoms with Gasteiger partial charge in [0.2, 0.25) is 0 Å². The first-order valence-corrected chi connectivity index (χ1v) is 4.58. The van der Waals surface area contributed by atoms with Crippen molar-refractivity contribution in [3.63, 3.8) is 0 Å². The Morgan fingerprint density at radius 1 is 1.27 bits per heavy atom. The van der Waals surface area contributed by atoms with Crippen LogP contribution in [0.25, 0.3) is 10.9 Å². The van der Waals surface area contributed by atoms with Crippen molar-refractivity contribution in [2.75, 3.05) is 0 Å². The van der Waals surface area contributed by atoms with Gasteiger partial charge in [-0.05, 0) is 16.9 Å². The molecule has 80 valence electrons. The second-order valence-corrected chi connectivity index (χ2v) is 3.36. The molecule has 1 atom stereocenters. The fraction of sp³-hybridized carbons (Fsp3) is 0.200. The summed E-state index contributed by atoms with van der Waals surface area (Å²) >= 11 is 0. The third-order valence-electron chi connectivity index (χ3n) is 2.34. The third kappa shape index (κ3) is 2.00. The zero-order valence-corrected chi connectivity index (χ0v) is 7.96. The van der Waals surface area contributed by atoms with E-state index in [4.69, 9.17) is 10.4 Å². The van der Waals surface area contributed by atoms with Crippen LogP contribution >= 0.6 is 0 Å². The highest BCUT2D eigenvalue weighted by atomic mass is 16.8. The van der Waals surface area contributed by atoms with Crippen molar-refractivity contribution in [3.8, 4) is 0 Å². The van der Waals surface area contributed by atoms with Crippen molar-refractivity contribution in [1.82, 2.24) is 10.2 Å². The first kappa shape index (κ1) is 10.1. The Balaban J connectivity index is 2.29. The summed E-state index contributed by atoms with van der Waals surface area (Å²) < 4.78 is 0. The molecule has 5 heteroatoms. The number of aromatic amines is 1. The van der Waals surface area contributed by atoms with Crippen molar-refractivity contribution >= 4 is 10.9 Å². The minimum Gasteiger partial charge on any atom is -0.373 e. The Kier molecular flexibility index (Phi) is 2.70. The molecule has 15 heavy (non-hydrogen) atoms.